The topological polar surface area (TPSA) is 66.7 Å². The molecular weight excluding hydrogens is 281 g/mol. The van der Waals surface area contributed by atoms with E-state index in [2.05, 4.69) is 22.4 Å². The van der Waals surface area contributed by atoms with Gasteiger partial charge in [-0.15, -0.1) is 0 Å². The quantitative estimate of drug-likeness (QED) is 0.398. The van der Waals surface area contributed by atoms with Crippen LogP contribution in [-0.2, 0) is 10.1 Å². The van der Waals surface area contributed by atoms with E-state index in [1.54, 1.807) is 24.3 Å². The third-order valence-corrected chi connectivity index (χ3v) is 3.21. The van der Waals surface area contributed by atoms with Gasteiger partial charge in [0.05, 0.1) is 15.7 Å². The average Bonchev–Trinajstić information content (AvgIpc) is 2.27. The number of hydrogen-bond donors (Lipinski definition) is 1. The predicted molar refractivity (Wildman–Crippen MR) is 75.6 cm³/mol. The first kappa shape index (κ1) is 15.5. The van der Waals surface area contributed by atoms with Gasteiger partial charge in [0, 0.05) is 0 Å². The molecule has 18 heavy (non-hydrogen) atoms. The summed E-state index contributed by atoms with van der Waals surface area (Å²) in [5.41, 5.74) is 0.645. The summed E-state index contributed by atoms with van der Waals surface area (Å²) in [6.45, 7) is 0. The molecule has 0 saturated carbocycles. The fraction of sp³-hybridized carbons (Fsp3) is 0. The van der Waals surface area contributed by atoms with Gasteiger partial charge in [0.1, 0.15) is 0 Å². The van der Waals surface area contributed by atoms with Gasteiger partial charge in [-0.3, -0.25) is 4.55 Å². The fourth-order valence-electron chi connectivity index (χ4n) is 1.49. The van der Waals surface area contributed by atoms with E-state index in [-0.39, 0.29) is 34.5 Å². The van der Waals surface area contributed by atoms with Gasteiger partial charge in [0.25, 0.3) is 10.1 Å². The van der Waals surface area contributed by atoms with Crippen LogP contribution in [0, 0.1) is 0 Å². The van der Waals surface area contributed by atoms with Crippen LogP contribution in [0.1, 0.15) is 0 Å². The zero-order chi connectivity index (χ0) is 12.5. The Morgan fingerprint density at radius 3 is 2.33 bits per heavy atom. The van der Waals surface area contributed by atoms with Crippen molar-refractivity contribution in [2.24, 2.45) is 4.99 Å². The Morgan fingerprint density at radius 1 is 1.11 bits per heavy atom. The number of isothiocyanates is 1. The summed E-state index contributed by atoms with van der Waals surface area (Å²) in [4.78, 5) is 3.70. The zero-order valence-electron chi connectivity index (χ0n) is 8.49. The average molecular weight is 289 g/mol. The summed E-state index contributed by atoms with van der Waals surface area (Å²) in [7, 11) is -4.17. The molecule has 0 atom stereocenters. The Balaban J connectivity index is 0.00000162. The van der Waals surface area contributed by atoms with Gasteiger partial charge in [0.2, 0.25) is 0 Å². The first-order valence-corrected chi connectivity index (χ1v) is 6.45. The van der Waals surface area contributed by atoms with Crippen LogP contribution in [0.3, 0.4) is 0 Å². The number of aliphatic imine (C=N–C) groups is 1. The molecule has 7 heteroatoms. The number of hydrogen-bond acceptors (Lipinski definition) is 4. The van der Waals surface area contributed by atoms with Crippen LogP contribution in [0.4, 0.5) is 5.69 Å². The van der Waals surface area contributed by atoms with Gasteiger partial charge < -0.3 is 0 Å². The minimum absolute atomic E-state index is 0. The van der Waals surface area contributed by atoms with Crippen LogP contribution < -0.4 is 0 Å². The molecule has 2 aromatic rings. The molecular formula is C11H8NNaO3S2. The van der Waals surface area contributed by atoms with E-state index in [9.17, 15) is 8.42 Å². The van der Waals surface area contributed by atoms with Gasteiger partial charge in [0.15, 0.2) is 0 Å². The van der Waals surface area contributed by atoms with Gasteiger partial charge in [-0.25, -0.2) is 0 Å². The van der Waals surface area contributed by atoms with Gasteiger partial charge in [-0.2, -0.15) is 13.4 Å². The zero-order valence-corrected chi connectivity index (χ0v) is 10.1. The third-order valence-electron chi connectivity index (χ3n) is 2.27. The molecule has 0 aromatic heterocycles. The van der Waals surface area contributed by atoms with Crippen LogP contribution >= 0.6 is 12.2 Å². The van der Waals surface area contributed by atoms with Gasteiger partial charge in [-0.1, -0.05) is 12.1 Å². The Bertz CT molecular complexity index is 737. The molecule has 0 spiro atoms. The number of thiocarbonyl (C=S) groups is 1. The van der Waals surface area contributed by atoms with E-state index in [0.29, 0.717) is 11.1 Å². The van der Waals surface area contributed by atoms with Crippen molar-refractivity contribution in [1.82, 2.24) is 0 Å². The number of fused-ring (bicyclic) bond motifs is 1. The van der Waals surface area contributed by atoms with Gasteiger partial charge in [-0.05, 0) is 47.3 Å². The second-order valence-corrected chi connectivity index (χ2v) is 4.98. The molecule has 4 nitrogen and oxygen atoms in total. The van der Waals surface area contributed by atoms with Crippen LogP contribution in [0.2, 0.25) is 0 Å². The monoisotopic (exact) mass is 289 g/mol. The van der Waals surface area contributed by atoms with E-state index < -0.39 is 10.1 Å². The molecule has 0 fully saturated rings. The van der Waals surface area contributed by atoms with Crippen molar-refractivity contribution in [1.29, 1.82) is 0 Å². The van der Waals surface area contributed by atoms with Crippen molar-refractivity contribution < 1.29 is 13.0 Å². The maximum atomic E-state index is 11.0. The van der Waals surface area contributed by atoms with Crippen LogP contribution in [0.25, 0.3) is 10.8 Å². The molecule has 2 aromatic carbocycles. The maximum absolute atomic E-state index is 11.0. The van der Waals surface area contributed by atoms with Crippen molar-refractivity contribution in [3.05, 3.63) is 36.4 Å². The van der Waals surface area contributed by atoms with Crippen molar-refractivity contribution in [2.75, 3.05) is 0 Å². The van der Waals surface area contributed by atoms with Crippen molar-refractivity contribution >= 4 is 73.5 Å². The Kier molecular flexibility index (Phi) is 5.19. The summed E-state index contributed by atoms with van der Waals surface area (Å²) in [6.07, 6.45) is 0. The number of benzene rings is 2. The molecule has 0 aliphatic carbocycles. The Morgan fingerprint density at radius 2 is 1.72 bits per heavy atom. The van der Waals surface area contributed by atoms with E-state index in [1.165, 1.54) is 12.1 Å². The number of rotatable bonds is 2. The number of nitrogens with zero attached hydrogens (tertiary/aromatic N) is 1. The Labute approximate surface area is 132 Å². The summed E-state index contributed by atoms with van der Waals surface area (Å²) in [5.74, 6) is 0. The molecule has 0 heterocycles. The molecule has 0 bridgehead atoms. The molecule has 2 rings (SSSR count). The van der Waals surface area contributed by atoms with Crippen LogP contribution in [0.5, 0.6) is 0 Å². The van der Waals surface area contributed by atoms with E-state index in [4.69, 9.17) is 4.55 Å². The standard InChI is InChI=1S/C11H7NO3S2.Na.H/c13-17(14,15)11-4-2-8-5-10(12-7-16)3-1-9(8)6-11;;/h1-6H,(H,13,14,15);;. The minimum atomic E-state index is -4.17. The summed E-state index contributed by atoms with van der Waals surface area (Å²) in [6, 6.07) is 9.48. The molecule has 0 amide bonds. The predicted octanol–water partition coefficient (Wildman–Crippen LogP) is 2.17. The van der Waals surface area contributed by atoms with Crippen molar-refractivity contribution in [2.45, 2.75) is 4.90 Å². The first-order valence-electron chi connectivity index (χ1n) is 4.60. The second kappa shape index (κ2) is 6.04. The van der Waals surface area contributed by atoms with Crippen LogP contribution in [-0.4, -0.2) is 47.7 Å². The van der Waals surface area contributed by atoms with E-state index in [0.717, 1.165) is 5.39 Å². The van der Waals surface area contributed by atoms with Crippen molar-refractivity contribution in [3.8, 4) is 0 Å². The fourth-order valence-corrected chi connectivity index (χ4v) is 2.12. The molecule has 0 aliphatic heterocycles. The summed E-state index contributed by atoms with van der Waals surface area (Å²) < 4.78 is 30.8. The molecule has 0 aliphatic rings. The Hall–Kier alpha value is -0.590. The summed E-state index contributed by atoms with van der Waals surface area (Å²) in [5, 5.41) is 3.76. The van der Waals surface area contributed by atoms with Gasteiger partial charge >= 0.3 is 29.6 Å². The SMILES string of the molecule is O=S(=O)(O)c1ccc2cc(N=C=S)ccc2c1.[NaH]. The van der Waals surface area contributed by atoms with Crippen molar-refractivity contribution in [3.63, 3.8) is 0 Å². The van der Waals surface area contributed by atoms with E-state index in [1.807, 2.05) is 0 Å². The second-order valence-electron chi connectivity index (χ2n) is 3.37. The molecule has 0 radical (unpaired) electrons. The van der Waals surface area contributed by atoms with Crippen LogP contribution in [0.15, 0.2) is 46.3 Å². The molecule has 0 unspecified atom stereocenters. The third kappa shape index (κ3) is 3.46. The molecule has 1 N–H and O–H groups in total. The normalized spacial score (nSPS) is 10.5. The first-order chi connectivity index (χ1) is 8.00. The van der Waals surface area contributed by atoms with E-state index >= 15 is 0 Å². The summed E-state index contributed by atoms with van der Waals surface area (Å²) >= 11 is 4.50. The molecule has 88 valence electrons. The molecule has 0 saturated heterocycles.